The fourth-order valence-electron chi connectivity index (χ4n) is 9.81. The molecule has 0 heterocycles. The molecule has 0 spiro atoms. The number of hydrogen-bond acceptors (Lipinski definition) is 6. The van der Waals surface area contributed by atoms with Crippen molar-refractivity contribution >= 4 is 11.8 Å². The summed E-state index contributed by atoms with van der Waals surface area (Å²) in [5.41, 5.74) is -1.43. The lowest BCUT2D eigenvalue weighted by Gasteiger charge is -2.50. The van der Waals surface area contributed by atoms with E-state index in [4.69, 9.17) is 9.47 Å². The van der Waals surface area contributed by atoms with E-state index in [2.05, 4.69) is 50.2 Å². The van der Waals surface area contributed by atoms with Crippen molar-refractivity contribution in [3.63, 3.8) is 0 Å². The number of fused-ring (bicyclic) bond motifs is 5. The largest absolute Gasteiger partial charge is 0.458 e. The first-order chi connectivity index (χ1) is 22.3. The fourth-order valence-corrected chi connectivity index (χ4v) is 9.81. The van der Waals surface area contributed by atoms with Crippen LogP contribution >= 0.6 is 0 Å². The lowest BCUT2D eigenvalue weighted by atomic mass is 9.60. The molecule has 4 aliphatic rings. The van der Waals surface area contributed by atoms with E-state index < -0.39 is 39.7 Å². The number of ether oxygens (including phenoxy) is 2. The standard InChI is InChI=1S/C41H44O6/c1-26-21-34-38(44,36(26)43)24-29(22-33-35-37(4,5)39(35,47-28(3)42)23-27(2)40(33,34)45)25-46-41(30-15-9-6-10-16-30,31-17-11-7-12-18-31)32-19-13-8-14-20-32/h6-22,27,33-35,44-45H,23-25H2,1-5H3/t27-,33+,34-,35-,38-,39+,40-/m1/s1. The molecule has 3 aromatic rings. The number of Topliss-reactive ketones (excluding diaryl/α,β-unsaturated/α-hetero) is 1. The Labute approximate surface area is 277 Å². The van der Waals surface area contributed by atoms with Crippen LogP contribution in [0.1, 0.15) is 64.2 Å². The van der Waals surface area contributed by atoms with Crippen LogP contribution in [0.3, 0.4) is 0 Å². The molecule has 0 unspecified atom stereocenters. The predicted octanol–water partition coefficient (Wildman–Crippen LogP) is 6.55. The van der Waals surface area contributed by atoms with Crippen molar-refractivity contribution in [3.8, 4) is 0 Å². The highest BCUT2D eigenvalue weighted by Crippen LogP contribution is 2.76. The molecule has 6 heteroatoms. The number of hydrogen-bond donors (Lipinski definition) is 2. The van der Waals surface area contributed by atoms with Crippen molar-refractivity contribution in [2.75, 3.05) is 6.61 Å². The van der Waals surface area contributed by atoms with E-state index in [1.165, 1.54) is 6.92 Å². The zero-order chi connectivity index (χ0) is 33.4. The third-order valence-corrected chi connectivity index (χ3v) is 12.0. The number of carbonyl (C=O) groups excluding carboxylic acids is 2. The first-order valence-corrected chi connectivity index (χ1v) is 16.7. The summed E-state index contributed by atoms with van der Waals surface area (Å²) in [5, 5.41) is 25.3. The summed E-state index contributed by atoms with van der Waals surface area (Å²) in [6.45, 7) is 9.38. The van der Waals surface area contributed by atoms with Gasteiger partial charge in [-0.15, -0.1) is 0 Å². The van der Waals surface area contributed by atoms with Crippen LogP contribution in [0.2, 0.25) is 0 Å². The van der Waals surface area contributed by atoms with Gasteiger partial charge in [0.05, 0.1) is 12.2 Å². The van der Waals surface area contributed by atoms with Gasteiger partial charge >= 0.3 is 5.97 Å². The van der Waals surface area contributed by atoms with Gasteiger partial charge in [-0.2, -0.15) is 0 Å². The van der Waals surface area contributed by atoms with Crippen molar-refractivity contribution in [2.24, 2.45) is 29.1 Å². The Bertz CT molecular complexity index is 1660. The highest BCUT2D eigenvalue weighted by Gasteiger charge is 2.83. The minimum atomic E-state index is -1.83. The predicted molar refractivity (Wildman–Crippen MR) is 179 cm³/mol. The van der Waals surface area contributed by atoms with Crippen molar-refractivity contribution in [2.45, 2.75) is 69.9 Å². The van der Waals surface area contributed by atoms with E-state index in [-0.39, 0.29) is 36.6 Å². The maximum atomic E-state index is 13.8. The van der Waals surface area contributed by atoms with Crippen LogP contribution in [0.15, 0.2) is 114 Å². The topological polar surface area (TPSA) is 93.1 Å². The molecule has 6 nitrogen and oxygen atoms in total. The second-order valence-corrected chi connectivity index (χ2v) is 14.9. The Balaban J connectivity index is 1.38. The highest BCUT2D eigenvalue weighted by molar-refractivity contribution is 6.04. The van der Waals surface area contributed by atoms with Gasteiger partial charge in [-0.25, -0.2) is 0 Å². The number of aliphatic hydroxyl groups is 2. The summed E-state index contributed by atoms with van der Waals surface area (Å²) in [7, 11) is 0. The molecule has 2 N–H and O–H groups in total. The first-order valence-electron chi connectivity index (χ1n) is 16.7. The summed E-state index contributed by atoms with van der Waals surface area (Å²) in [4.78, 5) is 26.2. The molecule has 244 valence electrons. The minimum Gasteiger partial charge on any atom is -0.458 e. The molecule has 47 heavy (non-hydrogen) atoms. The van der Waals surface area contributed by atoms with Gasteiger partial charge in [0.15, 0.2) is 5.78 Å². The van der Waals surface area contributed by atoms with Crippen molar-refractivity contribution in [1.82, 2.24) is 0 Å². The minimum absolute atomic E-state index is 0.0258. The second-order valence-electron chi connectivity index (χ2n) is 14.9. The third kappa shape index (κ3) is 4.41. The molecule has 3 aromatic carbocycles. The Hall–Kier alpha value is -3.84. The van der Waals surface area contributed by atoms with Crippen LogP contribution in [0, 0.1) is 29.1 Å². The van der Waals surface area contributed by atoms with E-state index in [0.29, 0.717) is 12.0 Å². The van der Waals surface area contributed by atoms with Gasteiger partial charge in [0.25, 0.3) is 0 Å². The van der Waals surface area contributed by atoms with Crippen LogP contribution in [-0.4, -0.2) is 45.4 Å². The summed E-state index contributed by atoms with van der Waals surface area (Å²) >= 11 is 0. The van der Waals surface area contributed by atoms with Gasteiger partial charge in [-0.3, -0.25) is 9.59 Å². The number of ketones is 1. The highest BCUT2D eigenvalue weighted by atomic mass is 16.6. The zero-order valence-corrected chi connectivity index (χ0v) is 27.8. The van der Waals surface area contributed by atoms with E-state index in [1.807, 2.05) is 67.6 Å². The van der Waals surface area contributed by atoms with Gasteiger partial charge < -0.3 is 19.7 Å². The van der Waals surface area contributed by atoms with Crippen LogP contribution in [-0.2, 0) is 24.7 Å². The normalized spacial score (nSPS) is 33.8. The molecule has 0 bridgehead atoms. The molecule has 4 aliphatic carbocycles. The maximum absolute atomic E-state index is 13.8. The van der Waals surface area contributed by atoms with Crippen molar-refractivity contribution in [1.29, 1.82) is 0 Å². The molecular weight excluding hydrogens is 588 g/mol. The van der Waals surface area contributed by atoms with E-state index in [0.717, 1.165) is 22.3 Å². The third-order valence-electron chi connectivity index (χ3n) is 12.0. The SMILES string of the molecule is CC(=O)O[C@@]12C[C@@H](C)[C@@]3(O)[C@@H](C=C(COC(c4ccccc4)(c4ccccc4)c4ccccc4)C[C@]4(O)C(=O)C(C)=C[C@@H]34)[C@@H]1C2(C)C. The molecule has 7 rings (SSSR count). The maximum Gasteiger partial charge on any atom is 0.303 e. The molecule has 0 saturated heterocycles. The quantitative estimate of drug-likeness (QED) is 0.175. The first kappa shape index (κ1) is 31.7. The average Bonchev–Trinajstić information content (AvgIpc) is 3.46. The van der Waals surface area contributed by atoms with Crippen molar-refractivity contribution in [3.05, 3.63) is 131 Å². The molecule has 2 saturated carbocycles. The Morgan fingerprint density at radius 2 is 1.38 bits per heavy atom. The van der Waals surface area contributed by atoms with Gasteiger partial charge in [-0.05, 0) is 47.1 Å². The van der Waals surface area contributed by atoms with E-state index in [9.17, 15) is 19.8 Å². The lowest BCUT2D eigenvalue weighted by molar-refractivity contribution is -0.186. The van der Waals surface area contributed by atoms with Crippen LogP contribution in [0.5, 0.6) is 0 Å². The van der Waals surface area contributed by atoms with Gasteiger partial charge in [-0.1, -0.05) is 124 Å². The monoisotopic (exact) mass is 632 g/mol. The lowest BCUT2D eigenvalue weighted by Crippen LogP contribution is -2.61. The second kappa shape index (κ2) is 10.8. The van der Waals surface area contributed by atoms with Crippen LogP contribution in [0.25, 0.3) is 0 Å². The van der Waals surface area contributed by atoms with Gasteiger partial charge in [0, 0.05) is 36.5 Å². The average molecular weight is 633 g/mol. The van der Waals surface area contributed by atoms with E-state index >= 15 is 0 Å². The number of carbonyl (C=O) groups is 2. The molecule has 0 aliphatic heterocycles. The van der Waals surface area contributed by atoms with E-state index in [1.54, 1.807) is 13.0 Å². The Morgan fingerprint density at radius 3 is 1.87 bits per heavy atom. The molecule has 7 atom stereocenters. The number of rotatable bonds is 7. The molecule has 0 amide bonds. The summed E-state index contributed by atoms with van der Waals surface area (Å²) in [5.74, 6) is -2.59. The summed E-state index contributed by atoms with van der Waals surface area (Å²) < 4.78 is 13.3. The molecule has 0 aromatic heterocycles. The van der Waals surface area contributed by atoms with Gasteiger partial charge in [0.2, 0.25) is 0 Å². The Morgan fingerprint density at radius 1 is 0.872 bits per heavy atom. The molecule has 0 radical (unpaired) electrons. The Kier molecular flexibility index (Phi) is 7.32. The summed E-state index contributed by atoms with van der Waals surface area (Å²) in [6, 6.07) is 30.3. The van der Waals surface area contributed by atoms with Crippen LogP contribution in [0.4, 0.5) is 0 Å². The van der Waals surface area contributed by atoms with Crippen molar-refractivity contribution < 1.29 is 29.3 Å². The summed E-state index contributed by atoms with van der Waals surface area (Å²) in [6.07, 6.45) is 4.30. The number of esters is 1. The molecular formula is C41H44O6. The smallest absolute Gasteiger partial charge is 0.303 e. The number of benzene rings is 3. The van der Waals surface area contributed by atoms with Crippen LogP contribution < -0.4 is 0 Å². The zero-order valence-electron chi connectivity index (χ0n) is 27.8. The molecule has 2 fully saturated rings. The van der Waals surface area contributed by atoms with Gasteiger partial charge in [0.1, 0.15) is 16.8 Å². The fraction of sp³-hybridized carbons (Fsp3) is 0.415.